The summed E-state index contributed by atoms with van der Waals surface area (Å²) in [6, 6.07) is 0. The van der Waals surface area contributed by atoms with Crippen molar-refractivity contribution in [3.8, 4) is 0 Å². The van der Waals surface area contributed by atoms with Gasteiger partial charge in [-0.05, 0) is 52.2 Å². The van der Waals surface area contributed by atoms with Crippen LogP contribution in [0.25, 0.3) is 0 Å². The van der Waals surface area contributed by atoms with Gasteiger partial charge in [0.1, 0.15) is 0 Å². The summed E-state index contributed by atoms with van der Waals surface area (Å²) in [5.41, 5.74) is 0.607. The van der Waals surface area contributed by atoms with Crippen LogP contribution in [0.5, 0.6) is 0 Å². The molecule has 0 aromatic heterocycles. The Morgan fingerprint density at radius 2 is 1.95 bits per heavy atom. The normalized spacial score (nSPS) is 33.9. The number of hydrogen-bond acceptors (Lipinski definition) is 4. The standard InChI is InChI=1S/C15H24O4/c1-9(2)11-8-14(18)15(4,19)6-5-12(16)10(3)7-13(11)17/h7,12,14,16,18-19H,5-6,8H2,1-4H3/t12-,14+,15-/m0/s1. The highest BCUT2D eigenvalue weighted by atomic mass is 16.3. The summed E-state index contributed by atoms with van der Waals surface area (Å²) in [7, 11) is 0. The van der Waals surface area contributed by atoms with Gasteiger partial charge in [-0.3, -0.25) is 4.79 Å². The Bertz CT molecular complexity index is 414. The molecule has 0 saturated carbocycles. The second-order valence-electron chi connectivity index (χ2n) is 5.86. The lowest BCUT2D eigenvalue weighted by Crippen LogP contribution is -2.41. The number of carbonyl (C=O) groups excluding carboxylic acids is 1. The van der Waals surface area contributed by atoms with E-state index in [4.69, 9.17) is 0 Å². The molecule has 19 heavy (non-hydrogen) atoms. The van der Waals surface area contributed by atoms with E-state index in [2.05, 4.69) is 0 Å². The van der Waals surface area contributed by atoms with Gasteiger partial charge in [0, 0.05) is 12.0 Å². The molecular weight excluding hydrogens is 244 g/mol. The molecule has 3 atom stereocenters. The smallest absolute Gasteiger partial charge is 0.181 e. The van der Waals surface area contributed by atoms with Crippen LogP contribution in [0.15, 0.2) is 22.8 Å². The Labute approximate surface area is 114 Å². The van der Waals surface area contributed by atoms with Crippen molar-refractivity contribution < 1.29 is 20.1 Å². The molecule has 0 saturated heterocycles. The van der Waals surface area contributed by atoms with Crippen LogP contribution in [-0.2, 0) is 4.79 Å². The van der Waals surface area contributed by atoms with Crippen molar-refractivity contribution in [2.45, 2.75) is 64.8 Å². The van der Waals surface area contributed by atoms with Crippen LogP contribution >= 0.6 is 0 Å². The Morgan fingerprint density at radius 3 is 2.47 bits per heavy atom. The zero-order valence-corrected chi connectivity index (χ0v) is 12.1. The minimum Gasteiger partial charge on any atom is -0.390 e. The number of aliphatic hydroxyl groups is 3. The largest absolute Gasteiger partial charge is 0.390 e. The topological polar surface area (TPSA) is 77.8 Å². The summed E-state index contributed by atoms with van der Waals surface area (Å²) in [4.78, 5) is 12.1. The maximum atomic E-state index is 12.1. The lowest BCUT2D eigenvalue weighted by Gasteiger charge is -2.31. The Morgan fingerprint density at radius 1 is 1.37 bits per heavy atom. The summed E-state index contributed by atoms with van der Waals surface area (Å²) in [6.07, 6.45) is 0.391. The highest BCUT2D eigenvalue weighted by Crippen LogP contribution is 2.27. The molecule has 0 bridgehead atoms. The van der Waals surface area contributed by atoms with Gasteiger partial charge in [-0.1, -0.05) is 5.57 Å². The number of allylic oxidation sites excluding steroid dienone is 2. The van der Waals surface area contributed by atoms with E-state index in [-0.39, 0.29) is 18.6 Å². The summed E-state index contributed by atoms with van der Waals surface area (Å²) in [6.45, 7) is 6.86. The molecule has 1 rings (SSSR count). The van der Waals surface area contributed by atoms with Gasteiger partial charge in [-0.2, -0.15) is 0 Å². The monoisotopic (exact) mass is 268 g/mol. The fourth-order valence-corrected chi connectivity index (χ4v) is 2.18. The fraction of sp³-hybridized carbons (Fsp3) is 0.667. The average Bonchev–Trinajstić information content (AvgIpc) is 2.30. The van der Waals surface area contributed by atoms with Gasteiger partial charge in [-0.25, -0.2) is 0 Å². The first-order valence-corrected chi connectivity index (χ1v) is 6.62. The molecule has 0 aromatic rings. The lowest BCUT2D eigenvalue weighted by molar-refractivity contribution is -0.113. The van der Waals surface area contributed by atoms with Crippen molar-refractivity contribution in [2.24, 2.45) is 0 Å². The second kappa shape index (κ2) is 5.99. The number of rotatable bonds is 0. The van der Waals surface area contributed by atoms with Crippen molar-refractivity contribution in [3.05, 3.63) is 22.8 Å². The van der Waals surface area contributed by atoms with Gasteiger partial charge in [0.15, 0.2) is 5.78 Å². The summed E-state index contributed by atoms with van der Waals surface area (Å²) < 4.78 is 0. The lowest BCUT2D eigenvalue weighted by atomic mass is 9.84. The van der Waals surface area contributed by atoms with Crippen molar-refractivity contribution in [2.75, 3.05) is 0 Å². The average molecular weight is 268 g/mol. The number of ketones is 1. The minimum atomic E-state index is -1.31. The van der Waals surface area contributed by atoms with Crippen molar-refractivity contribution in [1.29, 1.82) is 0 Å². The summed E-state index contributed by atoms with van der Waals surface area (Å²) in [5, 5.41) is 30.3. The SMILES string of the molecule is CC1=CC(=O)C(=C(C)C)C[C@@H](O)[C@@](C)(O)CC[C@@H]1O. The molecule has 3 N–H and O–H groups in total. The van der Waals surface area contributed by atoms with Crippen molar-refractivity contribution in [3.63, 3.8) is 0 Å². The van der Waals surface area contributed by atoms with Gasteiger partial charge in [0.25, 0.3) is 0 Å². The first-order valence-electron chi connectivity index (χ1n) is 6.62. The Kier molecular flexibility index (Phi) is 5.07. The predicted molar refractivity (Wildman–Crippen MR) is 73.6 cm³/mol. The van der Waals surface area contributed by atoms with E-state index in [1.807, 2.05) is 0 Å². The van der Waals surface area contributed by atoms with Gasteiger partial charge in [0.2, 0.25) is 0 Å². The Hall–Kier alpha value is -0.970. The molecule has 0 radical (unpaired) electrons. The van der Waals surface area contributed by atoms with Crippen LogP contribution in [0.4, 0.5) is 0 Å². The van der Waals surface area contributed by atoms with E-state index in [1.54, 1.807) is 20.8 Å². The molecule has 1 aliphatic carbocycles. The second-order valence-corrected chi connectivity index (χ2v) is 5.86. The molecule has 0 heterocycles. The van der Waals surface area contributed by atoms with E-state index < -0.39 is 17.8 Å². The van der Waals surface area contributed by atoms with Gasteiger partial charge >= 0.3 is 0 Å². The molecule has 0 unspecified atom stereocenters. The zero-order valence-electron chi connectivity index (χ0n) is 12.1. The molecule has 4 heteroatoms. The molecule has 0 fully saturated rings. The molecule has 0 spiro atoms. The van der Waals surface area contributed by atoms with Crippen LogP contribution in [0.2, 0.25) is 0 Å². The third-order valence-corrected chi connectivity index (χ3v) is 3.82. The van der Waals surface area contributed by atoms with Crippen LogP contribution in [-0.4, -0.2) is 38.9 Å². The van der Waals surface area contributed by atoms with Gasteiger partial charge < -0.3 is 15.3 Å². The molecule has 0 aliphatic heterocycles. The van der Waals surface area contributed by atoms with Crippen LogP contribution in [0.3, 0.4) is 0 Å². The highest BCUT2D eigenvalue weighted by molar-refractivity contribution is 6.04. The number of hydrogen-bond donors (Lipinski definition) is 3. The molecular formula is C15H24O4. The predicted octanol–water partition coefficient (Wildman–Crippen LogP) is 1.49. The third-order valence-electron chi connectivity index (χ3n) is 3.82. The van der Waals surface area contributed by atoms with E-state index in [1.165, 1.54) is 13.0 Å². The highest BCUT2D eigenvalue weighted by Gasteiger charge is 2.33. The first kappa shape index (κ1) is 16.1. The van der Waals surface area contributed by atoms with E-state index >= 15 is 0 Å². The fourth-order valence-electron chi connectivity index (χ4n) is 2.18. The molecule has 4 nitrogen and oxygen atoms in total. The summed E-state index contributed by atoms with van der Waals surface area (Å²) >= 11 is 0. The van der Waals surface area contributed by atoms with Crippen molar-refractivity contribution >= 4 is 5.78 Å². The molecule has 1 aliphatic rings. The van der Waals surface area contributed by atoms with E-state index in [9.17, 15) is 20.1 Å². The minimum absolute atomic E-state index is 0.133. The van der Waals surface area contributed by atoms with Crippen molar-refractivity contribution in [1.82, 2.24) is 0 Å². The van der Waals surface area contributed by atoms with E-state index in [0.29, 0.717) is 17.6 Å². The van der Waals surface area contributed by atoms with Crippen LogP contribution < -0.4 is 0 Å². The number of carbonyl (C=O) groups is 1. The quantitative estimate of drug-likeness (QED) is 0.582. The van der Waals surface area contributed by atoms with Gasteiger partial charge in [0.05, 0.1) is 17.8 Å². The third kappa shape index (κ3) is 4.00. The Balaban J connectivity index is 3.21. The molecule has 0 amide bonds. The first-order chi connectivity index (χ1) is 8.65. The van der Waals surface area contributed by atoms with Gasteiger partial charge in [-0.15, -0.1) is 0 Å². The molecule has 108 valence electrons. The van der Waals surface area contributed by atoms with E-state index in [0.717, 1.165) is 5.57 Å². The molecule has 0 aromatic carbocycles. The van der Waals surface area contributed by atoms with Crippen LogP contribution in [0.1, 0.15) is 47.0 Å². The zero-order chi connectivity index (χ0) is 14.8. The summed E-state index contributed by atoms with van der Waals surface area (Å²) in [5.74, 6) is -0.201. The maximum absolute atomic E-state index is 12.1. The van der Waals surface area contributed by atoms with Crippen LogP contribution in [0, 0.1) is 0 Å². The maximum Gasteiger partial charge on any atom is 0.181 e. The number of aliphatic hydroxyl groups excluding tert-OH is 2.